The third-order valence-electron chi connectivity index (χ3n) is 7.77. The second-order valence-corrected chi connectivity index (χ2v) is 9.69. The molecule has 6 heteroatoms. The third-order valence-corrected chi connectivity index (χ3v) is 7.77. The molecule has 0 bridgehead atoms. The van der Waals surface area contributed by atoms with Crippen molar-refractivity contribution in [1.82, 2.24) is 14.5 Å². The van der Waals surface area contributed by atoms with Gasteiger partial charge in [-0.25, -0.2) is 9.97 Å². The van der Waals surface area contributed by atoms with E-state index in [-0.39, 0.29) is 18.1 Å². The SMILES string of the molecule is N[C@@H]1c2ccccc2CC12CCN(c1ncc(C#CCn3ccc4ccccc43)nc1CO)CC2. The molecule has 2 aromatic heterocycles. The van der Waals surface area contributed by atoms with Gasteiger partial charge < -0.3 is 20.3 Å². The molecule has 1 spiro atoms. The summed E-state index contributed by atoms with van der Waals surface area (Å²) < 4.78 is 2.12. The molecule has 6 nitrogen and oxygen atoms in total. The van der Waals surface area contributed by atoms with Crippen LogP contribution in [0.15, 0.2) is 67.0 Å². The van der Waals surface area contributed by atoms with Crippen LogP contribution in [-0.4, -0.2) is 32.7 Å². The van der Waals surface area contributed by atoms with Crippen molar-refractivity contribution < 1.29 is 5.11 Å². The van der Waals surface area contributed by atoms with E-state index < -0.39 is 0 Å². The minimum atomic E-state index is -0.160. The van der Waals surface area contributed by atoms with Gasteiger partial charge >= 0.3 is 0 Å². The Bertz CT molecular complexity index is 1440. The number of rotatable bonds is 3. The number of aliphatic hydroxyl groups is 1. The zero-order chi connectivity index (χ0) is 23.8. The van der Waals surface area contributed by atoms with Gasteiger partial charge in [0, 0.05) is 30.8 Å². The van der Waals surface area contributed by atoms with Crippen LogP contribution in [-0.2, 0) is 19.6 Å². The molecule has 0 saturated carbocycles. The molecule has 0 radical (unpaired) electrons. The van der Waals surface area contributed by atoms with Crippen LogP contribution in [0.5, 0.6) is 0 Å². The van der Waals surface area contributed by atoms with Crippen LogP contribution in [0.2, 0.25) is 0 Å². The van der Waals surface area contributed by atoms with Crippen molar-refractivity contribution in [2.45, 2.75) is 38.5 Å². The molecule has 176 valence electrons. The molecular weight excluding hydrogens is 434 g/mol. The van der Waals surface area contributed by atoms with Crippen LogP contribution in [0.1, 0.15) is 41.4 Å². The van der Waals surface area contributed by atoms with Gasteiger partial charge in [-0.15, -0.1) is 0 Å². The molecule has 1 aliphatic heterocycles. The molecule has 2 aromatic carbocycles. The largest absolute Gasteiger partial charge is 0.390 e. The van der Waals surface area contributed by atoms with Gasteiger partial charge in [-0.1, -0.05) is 48.4 Å². The summed E-state index contributed by atoms with van der Waals surface area (Å²) in [7, 11) is 0. The molecule has 35 heavy (non-hydrogen) atoms. The van der Waals surface area contributed by atoms with Crippen LogP contribution in [0.4, 0.5) is 5.82 Å². The predicted molar refractivity (Wildman–Crippen MR) is 138 cm³/mol. The Balaban J connectivity index is 1.16. The third kappa shape index (κ3) is 3.87. The fourth-order valence-corrected chi connectivity index (χ4v) is 5.81. The Morgan fingerprint density at radius 3 is 2.69 bits per heavy atom. The number of hydrogen-bond donors (Lipinski definition) is 2. The van der Waals surface area contributed by atoms with E-state index in [2.05, 4.69) is 73.7 Å². The predicted octanol–water partition coefficient (Wildman–Crippen LogP) is 3.82. The van der Waals surface area contributed by atoms with Crippen molar-refractivity contribution in [3.63, 3.8) is 0 Å². The van der Waals surface area contributed by atoms with Crippen LogP contribution in [0.25, 0.3) is 10.9 Å². The molecule has 0 unspecified atom stereocenters. The lowest BCUT2D eigenvalue weighted by atomic mass is 9.73. The highest BCUT2D eigenvalue weighted by molar-refractivity contribution is 5.80. The molecule has 3 heterocycles. The maximum absolute atomic E-state index is 10.0. The lowest BCUT2D eigenvalue weighted by molar-refractivity contribution is 0.186. The number of aromatic nitrogens is 3. The van der Waals surface area contributed by atoms with Crippen molar-refractivity contribution >= 4 is 16.7 Å². The lowest BCUT2D eigenvalue weighted by Gasteiger charge is -2.42. The number of aliphatic hydroxyl groups excluding tert-OH is 1. The van der Waals surface area contributed by atoms with Crippen LogP contribution >= 0.6 is 0 Å². The molecule has 1 saturated heterocycles. The maximum atomic E-state index is 10.0. The minimum absolute atomic E-state index is 0.0827. The Morgan fingerprint density at radius 2 is 1.86 bits per heavy atom. The van der Waals surface area contributed by atoms with Gasteiger partial charge in [0.2, 0.25) is 0 Å². The second kappa shape index (κ2) is 8.84. The summed E-state index contributed by atoms with van der Waals surface area (Å²) in [4.78, 5) is 11.5. The average Bonchev–Trinajstić information content (AvgIpc) is 3.43. The van der Waals surface area contributed by atoms with E-state index in [1.807, 2.05) is 18.3 Å². The van der Waals surface area contributed by atoms with Gasteiger partial charge in [0.1, 0.15) is 11.4 Å². The number of piperidine rings is 1. The van der Waals surface area contributed by atoms with E-state index in [1.54, 1.807) is 6.20 Å². The van der Waals surface area contributed by atoms with Crippen molar-refractivity contribution in [2.75, 3.05) is 18.0 Å². The van der Waals surface area contributed by atoms with Crippen LogP contribution in [0.3, 0.4) is 0 Å². The van der Waals surface area contributed by atoms with Gasteiger partial charge in [-0.2, -0.15) is 0 Å². The quantitative estimate of drug-likeness (QED) is 0.452. The summed E-state index contributed by atoms with van der Waals surface area (Å²) in [5.74, 6) is 7.07. The molecule has 1 atom stereocenters. The lowest BCUT2D eigenvalue weighted by Crippen LogP contribution is -2.45. The summed E-state index contributed by atoms with van der Waals surface area (Å²) in [6.07, 6.45) is 6.81. The highest BCUT2D eigenvalue weighted by atomic mass is 16.3. The van der Waals surface area contributed by atoms with Crippen LogP contribution in [0, 0.1) is 17.3 Å². The fraction of sp³-hybridized carbons (Fsp3) is 0.310. The number of nitrogens with zero attached hydrogens (tertiary/aromatic N) is 4. The van der Waals surface area contributed by atoms with E-state index in [0.29, 0.717) is 17.9 Å². The number of nitrogens with two attached hydrogens (primary N) is 1. The van der Waals surface area contributed by atoms with Gasteiger partial charge in [0.05, 0.1) is 19.3 Å². The number of hydrogen-bond acceptors (Lipinski definition) is 5. The van der Waals surface area contributed by atoms with Gasteiger partial charge in [-0.05, 0) is 59.2 Å². The topological polar surface area (TPSA) is 80.2 Å². The van der Waals surface area contributed by atoms with E-state index in [0.717, 1.165) is 43.7 Å². The smallest absolute Gasteiger partial charge is 0.152 e. The van der Waals surface area contributed by atoms with Gasteiger partial charge in [0.15, 0.2) is 5.82 Å². The first-order valence-electron chi connectivity index (χ1n) is 12.2. The molecule has 1 fully saturated rings. The van der Waals surface area contributed by atoms with Crippen molar-refractivity contribution in [1.29, 1.82) is 0 Å². The Labute approximate surface area is 205 Å². The minimum Gasteiger partial charge on any atom is -0.390 e. The van der Waals surface area contributed by atoms with E-state index in [4.69, 9.17) is 5.73 Å². The highest BCUT2D eigenvalue weighted by Gasteiger charge is 2.46. The zero-order valence-corrected chi connectivity index (χ0v) is 19.7. The molecular formula is C29H29N5O. The van der Waals surface area contributed by atoms with Gasteiger partial charge in [0.25, 0.3) is 0 Å². The molecule has 6 rings (SSSR count). The first-order chi connectivity index (χ1) is 17.2. The first kappa shape index (κ1) is 21.8. The van der Waals surface area contributed by atoms with Crippen molar-refractivity contribution in [3.05, 3.63) is 89.5 Å². The summed E-state index contributed by atoms with van der Waals surface area (Å²) in [5, 5.41) is 11.2. The first-order valence-corrected chi connectivity index (χ1v) is 12.2. The number of para-hydroxylation sites is 1. The number of fused-ring (bicyclic) bond motifs is 2. The molecule has 0 amide bonds. The Kier molecular flexibility index (Phi) is 5.52. The standard InChI is InChI=1S/C29H29N5O/c30-27-24-9-3-1-7-22(24)18-29(27)12-16-34(17-13-29)28-25(20-35)32-23(19-31-28)8-5-14-33-15-11-21-6-2-4-10-26(21)33/h1-4,6-7,9-11,15,19,27,35H,12-14,16-18,20,30H2/t27-/m1/s1. The summed E-state index contributed by atoms with van der Waals surface area (Å²) in [6, 6.07) is 19.0. The molecule has 4 aromatic rings. The number of benzene rings is 2. The monoisotopic (exact) mass is 463 g/mol. The van der Waals surface area contributed by atoms with E-state index in [1.165, 1.54) is 16.5 Å². The van der Waals surface area contributed by atoms with E-state index in [9.17, 15) is 5.11 Å². The summed E-state index contributed by atoms with van der Waals surface area (Å²) in [5.41, 5.74) is 11.8. The molecule has 2 aliphatic rings. The van der Waals surface area contributed by atoms with Crippen molar-refractivity contribution in [2.24, 2.45) is 11.1 Å². The molecule has 3 N–H and O–H groups in total. The Morgan fingerprint density at radius 1 is 1.06 bits per heavy atom. The average molecular weight is 464 g/mol. The molecule has 1 aliphatic carbocycles. The fourth-order valence-electron chi connectivity index (χ4n) is 5.81. The van der Waals surface area contributed by atoms with Crippen molar-refractivity contribution in [3.8, 4) is 11.8 Å². The second-order valence-electron chi connectivity index (χ2n) is 9.69. The van der Waals surface area contributed by atoms with E-state index >= 15 is 0 Å². The normalized spacial score (nSPS) is 18.5. The number of anilines is 1. The van der Waals surface area contributed by atoms with Gasteiger partial charge in [-0.3, -0.25) is 0 Å². The summed E-state index contributed by atoms with van der Waals surface area (Å²) in [6.45, 7) is 2.12. The zero-order valence-electron chi connectivity index (χ0n) is 19.7. The highest BCUT2D eigenvalue weighted by Crippen LogP contribution is 2.50. The Hall–Kier alpha value is -3.66. The summed E-state index contributed by atoms with van der Waals surface area (Å²) >= 11 is 0. The maximum Gasteiger partial charge on any atom is 0.152 e. The van der Waals surface area contributed by atoms with Crippen LogP contribution < -0.4 is 10.6 Å².